The second kappa shape index (κ2) is 6.12. The van der Waals surface area contributed by atoms with E-state index in [0.717, 1.165) is 11.3 Å². The lowest BCUT2D eigenvalue weighted by Crippen LogP contribution is -2.09. The molecule has 1 heterocycles. The minimum absolute atomic E-state index is 0.211. The Morgan fingerprint density at radius 1 is 1.22 bits per heavy atom. The summed E-state index contributed by atoms with van der Waals surface area (Å²) in [6, 6.07) is 8.87. The molecule has 0 amide bonds. The van der Waals surface area contributed by atoms with Crippen molar-refractivity contribution in [3.8, 4) is 0 Å². The van der Waals surface area contributed by atoms with Gasteiger partial charge in [-0.25, -0.2) is 4.39 Å². The van der Waals surface area contributed by atoms with Crippen molar-refractivity contribution in [1.82, 2.24) is 4.98 Å². The first-order valence-corrected chi connectivity index (χ1v) is 5.91. The highest BCUT2D eigenvalue weighted by Crippen LogP contribution is 2.20. The van der Waals surface area contributed by atoms with Gasteiger partial charge in [0, 0.05) is 30.2 Å². The minimum Gasteiger partial charge on any atom is -0.381 e. The van der Waals surface area contributed by atoms with Crippen LogP contribution < -0.4 is 11.1 Å². The van der Waals surface area contributed by atoms with E-state index in [1.807, 2.05) is 18.2 Å². The lowest BCUT2D eigenvalue weighted by molar-refractivity contribution is 0.610. The Hall–Kier alpha value is -1.94. The van der Waals surface area contributed by atoms with E-state index in [4.69, 9.17) is 5.73 Å². The molecule has 0 saturated carbocycles. The molecular weight excluding hydrogens is 229 g/mol. The first-order valence-electron chi connectivity index (χ1n) is 5.91. The maximum Gasteiger partial charge on any atom is 0.128 e. The van der Waals surface area contributed by atoms with Crippen molar-refractivity contribution in [2.45, 2.75) is 13.0 Å². The molecule has 0 atom stereocenters. The predicted octanol–water partition coefficient (Wildman–Crippen LogP) is 2.33. The fraction of sp³-hybridized carbons (Fsp3) is 0.214. The van der Waals surface area contributed by atoms with Crippen molar-refractivity contribution in [3.63, 3.8) is 0 Å². The summed E-state index contributed by atoms with van der Waals surface area (Å²) in [6.07, 6.45) is 4.04. The van der Waals surface area contributed by atoms with E-state index in [2.05, 4.69) is 10.3 Å². The SMILES string of the molecule is NCCc1c(F)cccc1NCc1cccnc1. The lowest BCUT2D eigenvalue weighted by Gasteiger charge is -2.12. The fourth-order valence-electron chi connectivity index (χ4n) is 1.82. The van der Waals surface area contributed by atoms with Crippen LogP contribution in [0.25, 0.3) is 0 Å². The van der Waals surface area contributed by atoms with E-state index in [9.17, 15) is 4.39 Å². The Kier molecular flexibility index (Phi) is 4.25. The van der Waals surface area contributed by atoms with E-state index >= 15 is 0 Å². The van der Waals surface area contributed by atoms with Gasteiger partial charge in [-0.3, -0.25) is 4.98 Å². The second-order valence-electron chi connectivity index (χ2n) is 4.02. The van der Waals surface area contributed by atoms with Crippen LogP contribution in [0.5, 0.6) is 0 Å². The molecule has 0 spiro atoms. The number of pyridine rings is 1. The van der Waals surface area contributed by atoms with Gasteiger partial charge in [-0.05, 0) is 36.7 Å². The molecule has 2 aromatic rings. The number of nitrogens with one attached hydrogen (secondary N) is 1. The molecule has 1 aromatic heterocycles. The Balaban J connectivity index is 2.11. The van der Waals surface area contributed by atoms with Crippen LogP contribution in [0.2, 0.25) is 0 Å². The van der Waals surface area contributed by atoms with Gasteiger partial charge in [0.15, 0.2) is 0 Å². The van der Waals surface area contributed by atoms with Crippen molar-refractivity contribution in [2.24, 2.45) is 5.73 Å². The van der Waals surface area contributed by atoms with Gasteiger partial charge in [0.2, 0.25) is 0 Å². The van der Waals surface area contributed by atoms with Crippen LogP contribution in [0.15, 0.2) is 42.7 Å². The molecule has 0 radical (unpaired) electrons. The molecule has 3 N–H and O–H groups in total. The normalized spacial score (nSPS) is 10.3. The average Bonchev–Trinajstić information content (AvgIpc) is 2.41. The number of halogens is 1. The van der Waals surface area contributed by atoms with Crippen molar-refractivity contribution in [1.29, 1.82) is 0 Å². The van der Waals surface area contributed by atoms with Crippen LogP contribution in [0.4, 0.5) is 10.1 Å². The van der Waals surface area contributed by atoms with Gasteiger partial charge < -0.3 is 11.1 Å². The number of nitrogens with two attached hydrogens (primary N) is 1. The maximum atomic E-state index is 13.7. The Morgan fingerprint density at radius 3 is 2.83 bits per heavy atom. The molecule has 0 bridgehead atoms. The van der Waals surface area contributed by atoms with E-state index in [0.29, 0.717) is 25.1 Å². The van der Waals surface area contributed by atoms with E-state index in [1.165, 1.54) is 6.07 Å². The van der Waals surface area contributed by atoms with Crippen molar-refractivity contribution in [2.75, 3.05) is 11.9 Å². The standard InChI is InChI=1S/C14H16FN3/c15-13-4-1-5-14(12(13)6-7-16)18-10-11-3-2-8-17-9-11/h1-5,8-9,18H,6-7,10,16H2. The van der Waals surface area contributed by atoms with Crippen LogP contribution in [0, 0.1) is 5.82 Å². The molecule has 4 heteroatoms. The highest BCUT2D eigenvalue weighted by atomic mass is 19.1. The number of hydrogen-bond acceptors (Lipinski definition) is 3. The fourth-order valence-corrected chi connectivity index (χ4v) is 1.82. The van der Waals surface area contributed by atoms with Crippen molar-refractivity contribution >= 4 is 5.69 Å². The summed E-state index contributed by atoms with van der Waals surface area (Å²) < 4.78 is 13.7. The van der Waals surface area contributed by atoms with Gasteiger partial charge in [0.1, 0.15) is 5.82 Å². The molecule has 2 rings (SSSR count). The highest BCUT2D eigenvalue weighted by molar-refractivity contribution is 5.52. The summed E-state index contributed by atoms with van der Waals surface area (Å²) in [4.78, 5) is 4.04. The largest absolute Gasteiger partial charge is 0.381 e. The zero-order valence-corrected chi connectivity index (χ0v) is 10.1. The third-order valence-electron chi connectivity index (χ3n) is 2.72. The molecule has 0 fully saturated rings. The van der Waals surface area contributed by atoms with Crippen molar-refractivity contribution in [3.05, 3.63) is 59.7 Å². The lowest BCUT2D eigenvalue weighted by atomic mass is 10.1. The van der Waals surface area contributed by atoms with Crippen LogP contribution in [-0.2, 0) is 13.0 Å². The summed E-state index contributed by atoms with van der Waals surface area (Å²) in [5.74, 6) is -0.211. The summed E-state index contributed by atoms with van der Waals surface area (Å²) in [6.45, 7) is 1.05. The van der Waals surface area contributed by atoms with Gasteiger partial charge >= 0.3 is 0 Å². The molecule has 18 heavy (non-hydrogen) atoms. The van der Waals surface area contributed by atoms with Gasteiger partial charge in [0.25, 0.3) is 0 Å². The molecular formula is C14H16FN3. The average molecular weight is 245 g/mol. The molecule has 94 valence electrons. The van der Waals surface area contributed by atoms with E-state index in [-0.39, 0.29) is 5.82 Å². The number of anilines is 1. The number of aromatic nitrogens is 1. The maximum absolute atomic E-state index is 13.7. The number of hydrogen-bond donors (Lipinski definition) is 2. The topological polar surface area (TPSA) is 50.9 Å². The quantitative estimate of drug-likeness (QED) is 0.850. The van der Waals surface area contributed by atoms with Crippen LogP contribution in [0.3, 0.4) is 0 Å². The summed E-state index contributed by atoms with van der Waals surface area (Å²) in [7, 11) is 0. The van der Waals surface area contributed by atoms with Crippen LogP contribution >= 0.6 is 0 Å². The Bertz CT molecular complexity index is 500. The zero-order chi connectivity index (χ0) is 12.8. The predicted molar refractivity (Wildman–Crippen MR) is 70.7 cm³/mol. The highest BCUT2D eigenvalue weighted by Gasteiger charge is 2.07. The van der Waals surface area contributed by atoms with E-state index < -0.39 is 0 Å². The Labute approximate surface area is 106 Å². The molecule has 3 nitrogen and oxygen atoms in total. The molecule has 0 unspecified atom stereocenters. The van der Waals surface area contributed by atoms with Gasteiger partial charge in [-0.1, -0.05) is 12.1 Å². The van der Waals surface area contributed by atoms with Crippen LogP contribution in [0.1, 0.15) is 11.1 Å². The molecule has 1 aromatic carbocycles. The molecule has 0 aliphatic heterocycles. The molecule has 0 saturated heterocycles. The van der Waals surface area contributed by atoms with Crippen molar-refractivity contribution < 1.29 is 4.39 Å². The zero-order valence-electron chi connectivity index (χ0n) is 10.1. The number of benzene rings is 1. The number of rotatable bonds is 5. The van der Waals surface area contributed by atoms with Crippen LogP contribution in [-0.4, -0.2) is 11.5 Å². The monoisotopic (exact) mass is 245 g/mol. The first-order chi connectivity index (χ1) is 8.81. The second-order valence-corrected chi connectivity index (χ2v) is 4.02. The van der Waals surface area contributed by atoms with Gasteiger partial charge in [-0.15, -0.1) is 0 Å². The summed E-state index contributed by atoms with van der Waals surface area (Å²) in [5.41, 5.74) is 8.00. The third-order valence-corrected chi connectivity index (χ3v) is 2.72. The van der Waals surface area contributed by atoms with Gasteiger partial charge in [0.05, 0.1) is 0 Å². The smallest absolute Gasteiger partial charge is 0.128 e. The minimum atomic E-state index is -0.211. The molecule has 0 aliphatic rings. The summed E-state index contributed by atoms with van der Waals surface area (Å²) >= 11 is 0. The molecule has 0 aliphatic carbocycles. The third kappa shape index (κ3) is 3.05. The van der Waals surface area contributed by atoms with E-state index in [1.54, 1.807) is 18.5 Å². The Morgan fingerprint density at radius 2 is 2.11 bits per heavy atom. The summed E-state index contributed by atoms with van der Waals surface area (Å²) in [5, 5.41) is 3.22. The number of nitrogens with zero attached hydrogens (tertiary/aromatic N) is 1. The van der Waals surface area contributed by atoms with Gasteiger partial charge in [-0.2, -0.15) is 0 Å². The first kappa shape index (κ1) is 12.5.